The molecule has 0 fully saturated rings. The average molecular weight is 338 g/mol. The number of hydroxylamine groups is 2. The molecule has 1 heterocycles. The van der Waals surface area contributed by atoms with Gasteiger partial charge in [-0.1, -0.05) is 0 Å². The first-order valence-corrected chi connectivity index (χ1v) is 7.83. The van der Waals surface area contributed by atoms with Gasteiger partial charge in [-0.2, -0.15) is 5.87 Å². The smallest absolute Gasteiger partial charge is 0.338 e. The number of aromatic nitrogens is 1. The average Bonchev–Trinajstić information content (AvgIpc) is 2.86. The van der Waals surface area contributed by atoms with Crippen LogP contribution in [0.4, 0.5) is 4.79 Å². The quantitative estimate of drug-likeness (QED) is 0.358. The molecule has 0 aliphatic carbocycles. The maximum atomic E-state index is 10.9. The van der Waals surface area contributed by atoms with Crippen molar-refractivity contribution in [1.82, 2.24) is 10.0 Å². The molecule has 0 saturated carbocycles. The Morgan fingerprint density at radius 1 is 1.48 bits per heavy atom. The van der Waals surface area contributed by atoms with Gasteiger partial charge in [0, 0.05) is 12.0 Å². The molecule has 8 nitrogen and oxygen atoms in total. The second-order valence-corrected chi connectivity index (χ2v) is 5.42. The highest BCUT2D eigenvalue weighted by Crippen LogP contribution is 2.26. The summed E-state index contributed by atoms with van der Waals surface area (Å²) in [5.74, 6) is 4.60. The first kappa shape index (κ1) is 16.8. The zero-order valence-corrected chi connectivity index (χ0v) is 13.2. The molecule has 1 aromatic heterocycles. The Morgan fingerprint density at radius 3 is 2.70 bits per heavy atom. The molecule has 2 aromatic rings. The molecule has 0 aliphatic rings. The Bertz CT molecular complexity index is 759. The fourth-order valence-electron chi connectivity index (χ4n) is 1.91. The van der Waals surface area contributed by atoms with Crippen molar-refractivity contribution in [3.05, 3.63) is 35.9 Å². The lowest BCUT2D eigenvalue weighted by Gasteiger charge is -2.09. The molecule has 9 heteroatoms. The number of nitrogens with zero attached hydrogens (tertiary/aromatic N) is 2. The summed E-state index contributed by atoms with van der Waals surface area (Å²) in [6, 6.07) is 5.82. The van der Waals surface area contributed by atoms with Crippen LogP contribution in [0, 0.1) is 6.92 Å². The van der Waals surface area contributed by atoms with Gasteiger partial charge in [0.2, 0.25) is 0 Å². The lowest BCUT2D eigenvalue weighted by molar-refractivity contribution is -0.0392. The number of primary amides is 1. The van der Waals surface area contributed by atoms with E-state index in [1.54, 1.807) is 31.2 Å². The Kier molecular flexibility index (Phi) is 5.24. The molecule has 23 heavy (non-hydrogen) atoms. The van der Waals surface area contributed by atoms with E-state index in [9.17, 15) is 14.2 Å². The highest BCUT2D eigenvalue weighted by Gasteiger charge is 2.13. The van der Waals surface area contributed by atoms with Gasteiger partial charge in [0.15, 0.2) is 11.7 Å². The van der Waals surface area contributed by atoms with Crippen LogP contribution in [0.5, 0.6) is 5.75 Å². The number of hydrogen-bond donors (Lipinski definition) is 2. The standard InChI is InChI=1S/C14H16N3O5S/c1-9-13(10-3-5-11(6-4-10)22-23(2)20)21-12(16-9)7-8-17(19)14(15)18/h3-6,19H,2,7-8H2,1H3,(H2,15,18)/q-1. The van der Waals surface area contributed by atoms with Crippen LogP contribution in [0.25, 0.3) is 11.3 Å². The summed E-state index contributed by atoms with van der Waals surface area (Å²) in [6.07, 6.45) is 0.224. The third kappa shape index (κ3) is 4.47. The Labute approximate surface area is 134 Å². The minimum absolute atomic E-state index is 0.0170. The number of amides is 2. The second-order valence-electron chi connectivity index (χ2n) is 4.64. The van der Waals surface area contributed by atoms with Crippen LogP contribution in [0.2, 0.25) is 0 Å². The molecule has 0 spiro atoms. The summed E-state index contributed by atoms with van der Waals surface area (Å²) < 4.78 is 21.5. The van der Waals surface area contributed by atoms with Crippen LogP contribution in [-0.4, -0.2) is 33.7 Å². The number of rotatable bonds is 6. The van der Waals surface area contributed by atoms with Crippen molar-refractivity contribution in [3.8, 4) is 17.1 Å². The molecule has 2 rings (SSSR count). The number of hydrogen-bond acceptors (Lipinski definition) is 7. The summed E-state index contributed by atoms with van der Waals surface area (Å²) >= 11 is 0. The van der Waals surface area contributed by atoms with Gasteiger partial charge in [-0.25, -0.2) is 14.8 Å². The van der Waals surface area contributed by atoms with Crippen molar-refractivity contribution < 1.29 is 22.8 Å². The molecule has 124 valence electrons. The summed E-state index contributed by atoms with van der Waals surface area (Å²) in [7, 11) is -1.63. The first-order chi connectivity index (χ1) is 10.9. The third-order valence-electron chi connectivity index (χ3n) is 2.94. The van der Waals surface area contributed by atoms with E-state index in [0.29, 0.717) is 28.2 Å². The molecular formula is C14H16N3O5S-. The summed E-state index contributed by atoms with van der Waals surface area (Å²) in [6.45, 7) is 1.76. The minimum atomic E-state index is -1.63. The molecular weight excluding hydrogens is 322 g/mol. The van der Waals surface area contributed by atoms with E-state index in [1.807, 2.05) is 0 Å². The fraction of sp³-hybridized carbons (Fsp3) is 0.214. The van der Waals surface area contributed by atoms with E-state index in [1.165, 1.54) is 0 Å². The lowest BCUT2D eigenvalue weighted by atomic mass is 10.1. The molecule has 2 amide bonds. The minimum Gasteiger partial charge on any atom is -0.561 e. The summed E-state index contributed by atoms with van der Waals surface area (Å²) in [5.41, 5.74) is 6.35. The maximum Gasteiger partial charge on any atom is 0.338 e. The molecule has 0 atom stereocenters. The van der Waals surface area contributed by atoms with Gasteiger partial charge in [-0.05, 0) is 31.2 Å². The second kappa shape index (κ2) is 7.16. The fourth-order valence-corrected chi connectivity index (χ4v) is 2.23. The van der Waals surface area contributed by atoms with Crippen molar-refractivity contribution in [2.75, 3.05) is 6.54 Å². The van der Waals surface area contributed by atoms with Crippen LogP contribution in [0.3, 0.4) is 0 Å². The monoisotopic (exact) mass is 338 g/mol. The van der Waals surface area contributed by atoms with Crippen LogP contribution in [0.15, 0.2) is 28.7 Å². The largest absolute Gasteiger partial charge is 0.561 e. The predicted molar refractivity (Wildman–Crippen MR) is 84.3 cm³/mol. The number of carbonyl (C=O) groups excluding carboxylic acids is 1. The van der Waals surface area contributed by atoms with E-state index in [-0.39, 0.29) is 13.0 Å². The predicted octanol–water partition coefficient (Wildman–Crippen LogP) is 1.65. The highest BCUT2D eigenvalue weighted by atomic mass is 32.2. The number of carbonyl (C=O) groups is 1. The van der Waals surface area contributed by atoms with Gasteiger partial charge in [-0.15, -0.1) is 10.7 Å². The number of nitrogens with two attached hydrogens (primary N) is 1. The zero-order chi connectivity index (χ0) is 17.0. The van der Waals surface area contributed by atoms with E-state index < -0.39 is 16.7 Å². The Morgan fingerprint density at radius 2 is 2.13 bits per heavy atom. The molecule has 0 aliphatic heterocycles. The number of urea groups is 1. The molecule has 0 saturated heterocycles. The van der Waals surface area contributed by atoms with Gasteiger partial charge < -0.3 is 18.5 Å². The first-order valence-electron chi connectivity index (χ1n) is 6.59. The summed E-state index contributed by atoms with van der Waals surface area (Å²) in [4.78, 5) is 15.0. The Hall–Kier alpha value is -2.52. The molecule has 0 bridgehead atoms. The normalized spacial score (nSPS) is 10.7. The Balaban J connectivity index is 2.12. The van der Waals surface area contributed by atoms with Gasteiger partial charge in [0.1, 0.15) is 0 Å². The maximum absolute atomic E-state index is 10.9. The van der Waals surface area contributed by atoms with Crippen LogP contribution in [0.1, 0.15) is 11.6 Å². The topological polar surface area (TPSA) is 119 Å². The number of benzene rings is 1. The van der Waals surface area contributed by atoms with E-state index in [0.717, 1.165) is 5.56 Å². The molecule has 3 N–H and O–H groups in total. The number of aryl methyl sites for hydroxylation is 1. The van der Waals surface area contributed by atoms with Crippen LogP contribution in [-0.2, 0) is 21.3 Å². The van der Waals surface area contributed by atoms with Gasteiger partial charge >= 0.3 is 6.03 Å². The van der Waals surface area contributed by atoms with Crippen molar-refractivity contribution in [1.29, 1.82) is 0 Å². The molecule has 0 unspecified atom stereocenters. The van der Waals surface area contributed by atoms with Gasteiger partial charge in [0.05, 0.1) is 18.0 Å². The van der Waals surface area contributed by atoms with Gasteiger partial charge in [0.25, 0.3) is 0 Å². The van der Waals surface area contributed by atoms with E-state index >= 15 is 0 Å². The van der Waals surface area contributed by atoms with Crippen LogP contribution < -0.4 is 9.92 Å². The highest BCUT2D eigenvalue weighted by molar-refractivity contribution is 7.77. The van der Waals surface area contributed by atoms with E-state index in [4.69, 9.17) is 14.3 Å². The zero-order valence-electron chi connectivity index (χ0n) is 12.4. The van der Waals surface area contributed by atoms with Gasteiger partial charge in [-0.3, -0.25) is 5.21 Å². The van der Waals surface area contributed by atoms with E-state index in [2.05, 4.69) is 10.9 Å². The van der Waals surface area contributed by atoms with Crippen molar-refractivity contribution >= 4 is 22.6 Å². The van der Waals surface area contributed by atoms with Crippen LogP contribution >= 0.6 is 0 Å². The van der Waals surface area contributed by atoms with Crippen molar-refractivity contribution in [2.24, 2.45) is 5.73 Å². The van der Waals surface area contributed by atoms with Crippen molar-refractivity contribution in [3.63, 3.8) is 0 Å². The number of oxazole rings is 1. The molecule has 0 radical (unpaired) electrons. The lowest BCUT2D eigenvalue weighted by Crippen LogP contribution is -2.34. The third-order valence-corrected chi connectivity index (χ3v) is 3.32. The SMILES string of the molecule is C=[S-](=O)Oc1ccc(-c2oc(CCN(O)C(N)=O)nc2C)cc1. The molecule has 1 aromatic carbocycles. The summed E-state index contributed by atoms with van der Waals surface area (Å²) in [5, 5.41) is 9.62. The van der Waals surface area contributed by atoms with Crippen molar-refractivity contribution in [2.45, 2.75) is 13.3 Å².